The molecule has 0 radical (unpaired) electrons. The zero-order valence-electron chi connectivity index (χ0n) is 11.5. The van der Waals surface area contributed by atoms with Gasteiger partial charge < -0.3 is 4.74 Å². The molecule has 0 saturated carbocycles. The summed E-state index contributed by atoms with van der Waals surface area (Å²) in [6.45, 7) is 7.03. The fourth-order valence-corrected chi connectivity index (χ4v) is 2.17. The van der Waals surface area contributed by atoms with Crippen molar-refractivity contribution in [2.45, 2.75) is 39.7 Å². The Hall–Kier alpha value is -1.91. The molecule has 1 aliphatic heterocycles. The Bertz CT molecular complexity index is 522. The van der Waals surface area contributed by atoms with Crippen molar-refractivity contribution in [3.8, 4) is 0 Å². The summed E-state index contributed by atoms with van der Waals surface area (Å²) in [6, 6.07) is 0. The highest BCUT2D eigenvalue weighted by atomic mass is 16.6. The van der Waals surface area contributed by atoms with Crippen LogP contribution in [-0.4, -0.2) is 28.3 Å². The van der Waals surface area contributed by atoms with Crippen LogP contribution in [0.2, 0.25) is 0 Å². The van der Waals surface area contributed by atoms with Gasteiger partial charge in [-0.05, 0) is 40.2 Å². The Morgan fingerprint density at radius 3 is 2.53 bits per heavy atom. The Labute approximate surface area is 111 Å². The molecule has 1 unspecified atom stereocenters. The van der Waals surface area contributed by atoms with Gasteiger partial charge in [-0.3, -0.25) is 9.59 Å². The van der Waals surface area contributed by atoms with Gasteiger partial charge in [0.25, 0.3) is 0 Å². The van der Waals surface area contributed by atoms with Crippen LogP contribution in [0.15, 0.2) is 23.4 Å². The third-order valence-corrected chi connectivity index (χ3v) is 2.99. The summed E-state index contributed by atoms with van der Waals surface area (Å²) in [5, 5.41) is 0. The van der Waals surface area contributed by atoms with E-state index in [1.165, 1.54) is 0 Å². The number of imide groups is 1. The minimum atomic E-state index is -0.798. The van der Waals surface area contributed by atoms with Crippen LogP contribution < -0.4 is 0 Å². The van der Waals surface area contributed by atoms with Crippen molar-refractivity contribution in [3.63, 3.8) is 0 Å². The number of carbonyl (C=O) groups is 3. The number of hydrogen-bond donors (Lipinski definition) is 0. The van der Waals surface area contributed by atoms with Crippen molar-refractivity contribution in [1.82, 2.24) is 4.90 Å². The maximum atomic E-state index is 12.0. The molecule has 2 aliphatic rings. The molecule has 5 heteroatoms. The third-order valence-electron chi connectivity index (χ3n) is 2.99. The van der Waals surface area contributed by atoms with Gasteiger partial charge in [-0.25, -0.2) is 9.69 Å². The summed E-state index contributed by atoms with van der Waals surface area (Å²) in [5.74, 6) is -1.87. The average Bonchev–Trinajstić information content (AvgIpc) is 2.50. The minimum Gasteiger partial charge on any atom is -0.443 e. The van der Waals surface area contributed by atoms with Crippen LogP contribution in [0, 0.1) is 5.92 Å². The first-order valence-electron chi connectivity index (χ1n) is 6.19. The predicted octanol–water partition coefficient (Wildman–Crippen LogP) is 2.18. The molecule has 2 amide bonds. The predicted molar refractivity (Wildman–Crippen MR) is 68.0 cm³/mol. The average molecular weight is 263 g/mol. The lowest BCUT2D eigenvalue weighted by Gasteiger charge is -2.25. The fraction of sp³-hybridized carbons (Fsp3) is 0.500. The maximum Gasteiger partial charge on any atom is 0.421 e. The Balaban J connectivity index is 2.32. The molecule has 0 spiro atoms. The number of hydrogen-bond acceptors (Lipinski definition) is 4. The highest BCUT2D eigenvalue weighted by Gasteiger charge is 2.48. The van der Waals surface area contributed by atoms with Gasteiger partial charge in [0.15, 0.2) is 0 Å². The first-order valence-corrected chi connectivity index (χ1v) is 6.19. The normalized spacial score (nSPS) is 22.9. The summed E-state index contributed by atoms with van der Waals surface area (Å²) in [6.07, 6.45) is 3.16. The van der Waals surface area contributed by atoms with Crippen LogP contribution in [0.3, 0.4) is 0 Å². The molecule has 19 heavy (non-hydrogen) atoms. The van der Waals surface area contributed by atoms with E-state index in [1.54, 1.807) is 26.8 Å². The van der Waals surface area contributed by atoms with Crippen LogP contribution in [0.25, 0.3) is 0 Å². The third kappa shape index (κ3) is 2.45. The van der Waals surface area contributed by atoms with E-state index < -0.39 is 29.3 Å². The first kappa shape index (κ1) is 13.5. The lowest BCUT2D eigenvalue weighted by Crippen LogP contribution is -2.38. The highest BCUT2D eigenvalue weighted by Crippen LogP contribution is 2.35. The number of amides is 2. The summed E-state index contributed by atoms with van der Waals surface area (Å²) < 4.78 is 5.17. The van der Waals surface area contributed by atoms with Crippen molar-refractivity contribution in [2.24, 2.45) is 5.92 Å². The van der Waals surface area contributed by atoms with E-state index in [0.29, 0.717) is 12.1 Å². The van der Waals surface area contributed by atoms with Crippen molar-refractivity contribution >= 4 is 17.8 Å². The van der Waals surface area contributed by atoms with Gasteiger partial charge in [-0.1, -0.05) is 11.6 Å². The van der Waals surface area contributed by atoms with E-state index >= 15 is 0 Å². The Kier molecular flexibility index (Phi) is 3.08. The van der Waals surface area contributed by atoms with Crippen molar-refractivity contribution < 1.29 is 19.1 Å². The second-order valence-corrected chi connectivity index (χ2v) is 5.85. The molecule has 102 valence electrons. The van der Waals surface area contributed by atoms with Crippen molar-refractivity contribution in [1.29, 1.82) is 0 Å². The zero-order valence-corrected chi connectivity index (χ0v) is 11.5. The summed E-state index contributed by atoms with van der Waals surface area (Å²) in [4.78, 5) is 36.7. The van der Waals surface area contributed by atoms with Crippen LogP contribution in [0.5, 0.6) is 0 Å². The molecule has 2 rings (SSSR count). The van der Waals surface area contributed by atoms with Gasteiger partial charge in [0.05, 0.1) is 5.92 Å². The molecule has 0 bridgehead atoms. The Morgan fingerprint density at radius 1 is 1.32 bits per heavy atom. The largest absolute Gasteiger partial charge is 0.443 e. The van der Waals surface area contributed by atoms with Crippen LogP contribution in [0.1, 0.15) is 34.1 Å². The number of fused-ring (bicyclic) bond motifs is 1. The number of rotatable bonds is 0. The molecule has 5 nitrogen and oxygen atoms in total. The summed E-state index contributed by atoms with van der Waals surface area (Å²) in [5.41, 5.74) is 0.732. The molecule has 1 aliphatic carbocycles. The number of ether oxygens (including phenoxy) is 1. The van der Waals surface area contributed by atoms with Gasteiger partial charge in [0.1, 0.15) is 5.60 Å². The van der Waals surface area contributed by atoms with Crippen molar-refractivity contribution in [2.75, 3.05) is 0 Å². The molecule has 1 heterocycles. The van der Waals surface area contributed by atoms with Gasteiger partial charge in [-0.2, -0.15) is 0 Å². The molecular formula is C14H17NO4. The molecule has 1 saturated heterocycles. The number of Topliss-reactive ketones (excluding diaryl/α,β-unsaturated/α-hetero) is 1. The van der Waals surface area contributed by atoms with Gasteiger partial charge in [0.2, 0.25) is 5.78 Å². The molecular weight excluding hydrogens is 246 g/mol. The first-order chi connectivity index (χ1) is 8.70. The molecule has 0 aromatic carbocycles. The highest BCUT2D eigenvalue weighted by molar-refractivity contribution is 6.43. The van der Waals surface area contributed by atoms with E-state index in [9.17, 15) is 14.4 Å². The second kappa shape index (κ2) is 4.33. The maximum absolute atomic E-state index is 12.0. The van der Waals surface area contributed by atoms with E-state index in [-0.39, 0.29) is 0 Å². The molecule has 0 N–H and O–H groups in total. The second-order valence-electron chi connectivity index (χ2n) is 5.85. The molecule has 1 fully saturated rings. The van der Waals surface area contributed by atoms with Gasteiger partial charge in [0, 0.05) is 5.70 Å². The lowest BCUT2D eigenvalue weighted by molar-refractivity contribution is -0.140. The van der Waals surface area contributed by atoms with E-state index in [1.807, 2.05) is 13.0 Å². The number of ketones is 1. The minimum absolute atomic E-state index is 0.426. The Morgan fingerprint density at radius 2 is 1.95 bits per heavy atom. The standard InChI is InChI=1S/C14H17NO4/c1-8-5-6-10-9(7-8)11(16)12(17)15(10)13(18)19-14(2,3)4/h5-6,9H,7H2,1-4H3. The quantitative estimate of drug-likeness (QED) is 0.628. The monoisotopic (exact) mass is 263 g/mol. The smallest absolute Gasteiger partial charge is 0.421 e. The number of carbonyl (C=O) groups excluding carboxylic acids is 3. The van der Waals surface area contributed by atoms with Crippen LogP contribution >= 0.6 is 0 Å². The van der Waals surface area contributed by atoms with Crippen LogP contribution in [0.4, 0.5) is 4.79 Å². The van der Waals surface area contributed by atoms with E-state index in [2.05, 4.69) is 0 Å². The topological polar surface area (TPSA) is 63.7 Å². The van der Waals surface area contributed by atoms with E-state index in [4.69, 9.17) is 4.74 Å². The summed E-state index contributed by atoms with van der Waals surface area (Å²) in [7, 11) is 0. The van der Waals surface area contributed by atoms with Crippen LogP contribution in [-0.2, 0) is 14.3 Å². The SMILES string of the molecule is CC1=CC=C2C(C1)C(=O)C(=O)N2C(=O)OC(C)(C)C. The van der Waals surface area contributed by atoms with E-state index in [0.717, 1.165) is 10.5 Å². The number of nitrogens with zero attached hydrogens (tertiary/aromatic N) is 1. The zero-order chi connectivity index (χ0) is 14.4. The summed E-state index contributed by atoms with van der Waals surface area (Å²) >= 11 is 0. The molecule has 1 atom stereocenters. The van der Waals surface area contributed by atoms with Gasteiger partial charge in [-0.15, -0.1) is 0 Å². The number of likely N-dealkylation sites (tertiary alicyclic amines) is 1. The van der Waals surface area contributed by atoms with Gasteiger partial charge >= 0.3 is 12.0 Å². The number of allylic oxidation sites excluding steroid dienone is 4. The molecule has 0 aromatic rings. The lowest BCUT2D eigenvalue weighted by atomic mass is 9.91. The fourth-order valence-electron chi connectivity index (χ4n) is 2.17. The van der Waals surface area contributed by atoms with Crippen molar-refractivity contribution in [3.05, 3.63) is 23.4 Å². The molecule has 0 aromatic heterocycles.